The summed E-state index contributed by atoms with van der Waals surface area (Å²) >= 11 is -0.182. The summed E-state index contributed by atoms with van der Waals surface area (Å²) in [5, 5.41) is 2.76. The van der Waals surface area contributed by atoms with Gasteiger partial charge in [0.05, 0.1) is 0 Å². The van der Waals surface area contributed by atoms with Gasteiger partial charge in [-0.1, -0.05) is 0 Å². The smallest absolute Gasteiger partial charge is 0.352 e. The van der Waals surface area contributed by atoms with Crippen molar-refractivity contribution in [1.29, 1.82) is 0 Å². The van der Waals surface area contributed by atoms with Gasteiger partial charge in [-0.05, 0) is 54.8 Å². The molecule has 1 fully saturated rings. The van der Waals surface area contributed by atoms with Gasteiger partial charge < -0.3 is 5.32 Å². The topological polar surface area (TPSA) is 29.1 Å². The normalized spacial score (nSPS) is 15.5. The Morgan fingerprint density at radius 3 is 2.39 bits per heavy atom. The number of rotatable bonds is 4. The van der Waals surface area contributed by atoms with E-state index in [2.05, 4.69) is 5.32 Å². The van der Waals surface area contributed by atoms with E-state index in [1.54, 1.807) is 0 Å². The zero-order valence-corrected chi connectivity index (χ0v) is 10.3. The van der Waals surface area contributed by atoms with Gasteiger partial charge in [0.25, 0.3) is 5.91 Å². The van der Waals surface area contributed by atoms with Crippen molar-refractivity contribution in [3.63, 3.8) is 0 Å². The van der Waals surface area contributed by atoms with Gasteiger partial charge >= 0.3 is 5.51 Å². The zero-order valence-electron chi connectivity index (χ0n) is 9.46. The lowest BCUT2D eigenvalue weighted by Gasteiger charge is -2.07. The van der Waals surface area contributed by atoms with E-state index >= 15 is 0 Å². The van der Waals surface area contributed by atoms with Crippen LogP contribution in [0.15, 0.2) is 29.2 Å². The molecule has 0 unspecified atom stereocenters. The Balaban J connectivity index is 1.91. The second kappa shape index (κ2) is 5.22. The lowest BCUT2D eigenvalue weighted by Crippen LogP contribution is -2.25. The molecule has 1 amide bonds. The Labute approximate surface area is 107 Å². The van der Waals surface area contributed by atoms with Gasteiger partial charge in [0, 0.05) is 17.0 Å². The molecule has 0 atom stereocenters. The van der Waals surface area contributed by atoms with Crippen molar-refractivity contribution in [2.75, 3.05) is 6.54 Å². The van der Waals surface area contributed by atoms with E-state index in [-0.39, 0.29) is 22.6 Å². The summed E-state index contributed by atoms with van der Waals surface area (Å²) in [6, 6.07) is 5.45. The lowest BCUT2D eigenvalue weighted by molar-refractivity contribution is -0.0328. The molecule has 1 aromatic carbocycles. The molecule has 2 rings (SSSR count). The average molecular weight is 275 g/mol. The van der Waals surface area contributed by atoms with Crippen molar-refractivity contribution >= 4 is 17.7 Å². The first-order valence-electron chi connectivity index (χ1n) is 5.58. The monoisotopic (exact) mass is 275 g/mol. The van der Waals surface area contributed by atoms with Crippen molar-refractivity contribution in [1.82, 2.24) is 5.32 Å². The van der Waals surface area contributed by atoms with E-state index in [1.807, 2.05) is 0 Å². The van der Waals surface area contributed by atoms with Crippen LogP contribution in [0.25, 0.3) is 0 Å². The van der Waals surface area contributed by atoms with Gasteiger partial charge in [-0.2, -0.15) is 13.2 Å². The largest absolute Gasteiger partial charge is 0.446 e. The predicted octanol–water partition coefficient (Wildman–Crippen LogP) is 3.44. The maximum atomic E-state index is 12.1. The first-order chi connectivity index (χ1) is 8.44. The standard InChI is InChI=1S/C12H12F3NOS/c13-12(14,15)18-10-5-3-9(4-6-10)11(17)16-7-8-1-2-8/h3-6,8H,1-2,7H2,(H,16,17). The number of nitrogens with one attached hydrogen (secondary N) is 1. The maximum Gasteiger partial charge on any atom is 0.446 e. The molecule has 1 N–H and O–H groups in total. The minimum Gasteiger partial charge on any atom is -0.352 e. The highest BCUT2D eigenvalue weighted by Gasteiger charge is 2.29. The number of hydrogen-bond donors (Lipinski definition) is 1. The third kappa shape index (κ3) is 4.25. The lowest BCUT2D eigenvalue weighted by atomic mass is 10.2. The van der Waals surface area contributed by atoms with Crippen LogP contribution in [0.2, 0.25) is 0 Å². The van der Waals surface area contributed by atoms with Crippen molar-refractivity contribution in [3.05, 3.63) is 29.8 Å². The Bertz CT molecular complexity index is 426. The van der Waals surface area contributed by atoms with Gasteiger partial charge in [0.1, 0.15) is 0 Å². The van der Waals surface area contributed by atoms with E-state index in [1.165, 1.54) is 24.3 Å². The third-order valence-electron chi connectivity index (χ3n) is 2.60. The summed E-state index contributed by atoms with van der Waals surface area (Å²) in [7, 11) is 0. The minimum atomic E-state index is -4.30. The number of benzene rings is 1. The van der Waals surface area contributed by atoms with Crippen LogP contribution in [-0.2, 0) is 0 Å². The van der Waals surface area contributed by atoms with Gasteiger partial charge in [-0.25, -0.2) is 0 Å². The number of hydrogen-bond acceptors (Lipinski definition) is 2. The average Bonchev–Trinajstić information content (AvgIpc) is 3.08. The van der Waals surface area contributed by atoms with Crippen LogP contribution in [0.4, 0.5) is 13.2 Å². The number of thioether (sulfide) groups is 1. The molecular weight excluding hydrogens is 263 g/mol. The molecule has 1 saturated carbocycles. The van der Waals surface area contributed by atoms with Gasteiger partial charge in [0.2, 0.25) is 0 Å². The van der Waals surface area contributed by atoms with Crippen LogP contribution in [0.1, 0.15) is 23.2 Å². The van der Waals surface area contributed by atoms with Gasteiger partial charge in [-0.3, -0.25) is 4.79 Å². The second-order valence-corrected chi connectivity index (χ2v) is 5.36. The molecule has 2 nitrogen and oxygen atoms in total. The molecule has 0 heterocycles. The summed E-state index contributed by atoms with van der Waals surface area (Å²) in [5.74, 6) is 0.347. The van der Waals surface area contributed by atoms with E-state index in [0.29, 0.717) is 18.0 Å². The van der Waals surface area contributed by atoms with E-state index in [4.69, 9.17) is 0 Å². The molecule has 0 aromatic heterocycles. The van der Waals surface area contributed by atoms with Gasteiger partial charge in [-0.15, -0.1) is 0 Å². The summed E-state index contributed by atoms with van der Waals surface area (Å²) in [5.41, 5.74) is -3.90. The highest BCUT2D eigenvalue weighted by atomic mass is 32.2. The summed E-state index contributed by atoms with van der Waals surface area (Å²) in [4.78, 5) is 11.7. The minimum absolute atomic E-state index is 0.0845. The van der Waals surface area contributed by atoms with Crippen molar-refractivity contribution in [2.45, 2.75) is 23.2 Å². The van der Waals surface area contributed by atoms with Crippen molar-refractivity contribution < 1.29 is 18.0 Å². The molecular formula is C12H12F3NOS. The summed E-state index contributed by atoms with van der Waals surface area (Å²) in [6.45, 7) is 0.651. The molecule has 1 aliphatic carbocycles. The molecule has 0 aliphatic heterocycles. The van der Waals surface area contributed by atoms with E-state index in [9.17, 15) is 18.0 Å². The first kappa shape index (κ1) is 13.3. The van der Waals surface area contributed by atoms with Crippen LogP contribution in [-0.4, -0.2) is 18.0 Å². The number of amides is 1. The van der Waals surface area contributed by atoms with E-state index < -0.39 is 5.51 Å². The molecule has 1 aromatic rings. The van der Waals surface area contributed by atoms with Crippen LogP contribution in [0.5, 0.6) is 0 Å². The fourth-order valence-corrected chi connectivity index (χ4v) is 2.01. The molecule has 0 spiro atoms. The molecule has 18 heavy (non-hydrogen) atoms. The van der Waals surface area contributed by atoms with Crippen LogP contribution in [0.3, 0.4) is 0 Å². The van der Waals surface area contributed by atoms with Crippen molar-refractivity contribution in [2.24, 2.45) is 5.92 Å². The Morgan fingerprint density at radius 2 is 1.89 bits per heavy atom. The number of carbonyl (C=O) groups excluding carboxylic acids is 1. The van der Waals surface area contributed by atoms with E-state index in [0.717, 1.165) is 12.8 Å². The molecule has 6 heteroatoms. The molecule has 0 bridgehead atoms. The van der Waals surface area contributed by atoms with Crippen LogP contribution < -0.4 is 5.32 Å². The molecule has 98 valence electrons. The highest BCUT2D eigenvalue weighted by molar-refractivity contribution is 8.00. The predicted molar refractivity (Wildman–Crippen MR) is 63.4 cm³/mol. The fourth-order valence-electron chi connectivity index (χ4n) is 1.47. The summed E-state index contributed by atoms with van der Waals surface area (Å²) < 4.78 is 36.3. The number of alkyl halides is 3. The Morgan fingerprint density at radius 1 is 1.28 bits per heavy atom. The third-order valence-corrected chi connectivity index (χ3v) is 3.34. The Kier molecular flexibility index (Phi) is 3.85. The zero-order chi connectivity index (χ0) is 13.2. The molecule has 1 aliphatic rings. The van der Waals surface area contributed by atoms with Crippen molar-refractivity contribution in [3.8, 4) is 0 Å². The fraction of sp³-hybridized carbons (Fsp3) is 0.417. The summed E-state index contributed by atoms with van der Waals surface area (Å²) in [6.07, 6.45) is 2.28. The molecule has 0 radical (unpaired) electrons. The Hall–Kier alpha value is -1.17. The van der Waals surface area contributed by atoms with Crippen LogP contribution in [0, 0.1) is 5.92 Å². The highest BCUT2D eigenvalue weighted by Crippen LogP contribution is 2.36. The maximum absolute atomic E-state index is 12.1. The quantitative estimate of drug-likeness (QED) is 0.853. The SMILES string of the molecule is O=C(NCC1CC1)c1ccc(SC(F)(F)F)cc1. The first-order valence-corrected chi connectivity index (χ1v) is 6.40. The molecule has 0 saturated heterocycles. The number of carbonyl (C=O) groups is 1. The number of halogens is 3. The van der Waals surface area contributed by atoms with Gasteiger partial charge in [0.15, 0.2) is 0 Å². The second-order valence-electron chi connectivity index (χ2n) is 4.23. The van der Waals surface area contributed by atoms with Crippen LogP contribution >= 0.6 is 11.8 Å².